The number of halogens is 2. The number of benzene rings is 1. The van der Waals surface area contributed by atoms with Gasteiger partial charge in [0.05, 0.1) is 17.4 Å². The fourth-order valence-electron chi connectivity index (χ4n) is 2.93. The lowest BCUT2D eigenvalue weighted by molar-refractivity contribution is -0.130. The zero-order valence-electron chi connectivity index (χ0n) is 13.3. The third kappa shape index (κ3) is 4.07. The molecule has 0 aliphatic carbocycles. The van der Waals surface area contributed by atoms with Gasteiger partial charge in [0, 0.05) is 24.0 Å². The topological polar surface area (TPSA) is 54.5 Å². The SMILES string of the molecule is O=C(Cc1ccc(F)cc1F)N1CCC(c2cccs2)S(=O)(=O)CC1. The van der Waals surface area contributed by atoms with Gasteiger partial charge in [0.1, 0.15) is 11.6 Å². The summed E-state index contributed by atoms with van der Waals surface area (Å²) in [6.07, 6.45) is 0.107. The Kier molecular flexibility index (Phi) is 5.19. The quantitative estimate of drug-likeness (QED) is 0.816. The van der Waals surface area contributed by atoms with Crippen LogP contribution in [0.3, 0.4) is 0 Å². The summed E-state index contributed by atoms with van der Waals surface area (Å²) in [7, 11) is -3.34. The van der Waals surface area contributed by atoms with Gasteiger partial charge in [0.15, 0.2) is 9.84 Å². The van der Waals surface area contributed by atoms with Crippen LogP contribution in [0.2, 0.25) is 0 Å². The van der Waals surface area contributed by atoms with Crippen LogP contribution >= 0.6 is 11.3 Å². The Morgan fingerprint density at radius 1 is 1.24 bits per heavy atom. The number of hydrogen-bond acceptors (Lipinski definition) is 4. The first kappa shape index (κ1) is 18.0. The Balaban J connectivity index is 1.73. The average Bonchev–Trinajstić information content (AvgIpc) is 3.01. The molecule has 2 heterocycles. The van der Waals surface area contributed by atoms with Crippen molar-refractivity contribution < 1.29 is 22.0 Å². The van der Waals surface area contributed by atoms with E-state index in [2.05, 4.69) is 0 Å². The summed E-state index contributed by atoms with van der Waals surface area (Å²) in [5, 5.41) is 1.23. The second-order valence-electron chi connectivity index (χ2n) is 5.95. The summed E-state index contributed by atoms with van der Waals surface area (Å²) in [6, 6.07) is 6.68. The number of sulfone groups is 1. The molecule has 0 spiro atoms. The van der Waals surface area contributed by atoms with Crippen molar-refractivity contribution in [1.29, 1.82) is 0 Å². The van der Waals surface area contributed by atoms with Gasteiger partial charge in [0.25, 0.3) is 0 Å². The third-order valence-electron chi connectivity index (χ3n) is 4.31. The van der Waals surface area contributed by atoms with E-state index in [1.807, 2.05) is 5.38 Å². The second kappa shape index (κ2) is 7.21. The predicted octanol–water partition coefficient (Wildman–Crippen LogP) is 2.96. The van der Waals surface area contributed by atoms with Crippen molar-refractivity contribution in [1.82, 2.24) is 4.90 Å². The predicted molar refractivity (Wildman–Crippen MR) is 92.1 cm³/mol. The van der Waals surface area contributed by atoms with Gasteiger partial charge in [-0.1, -0.05) is 12.1 Å². The highest BCUT2D eigenvalue weighted by Crippen LogP contribution is 2.32. The molecule has 3 rings (SSSR count). The first-order valence-electron chi connectivity index (χ1n) is 7.83. The molecule has 1 fully saturated rings. The molecule has 0 saturated carbocycles. The zero-order valence-corrected chi connectivity index (χ0v) is 15.0. The molecule has 1 aliphatic heterocycles. The highest BCUT2D eigenvalue weighted by Gasteiger charge is 2.33. The number of carbonyl (C=O) groups is 1. The minimum atomic E-state index is -3.34. The van der Waals surface area contributed by atoms with Gasteiger partial charge in [-0.3, -0.25) is 4.79 Å². The molecule has 0 bridgehead atoms. The van der Waals surface area contributed by atoms with Gasteiger partial charge < -0.3 is 4.90 Å². The lowest BCUT2D eigenvalue weighted by Gasteiger charge is -2.20. The summed E-state index contributed by atoms with van der Waals surface area (Å²) in [5.74, 6) is -1.94. The molecule has 25 heavy (non-hydrogen) atoms. The Labute approximate surface area is 149 Å². The summed E-state index contributed by atoms with van der Waals surface area (Å²) in [6.45, 7) is 0.384. The van der Waals surface area contributed by atoms with Crippen LogP contribution in [0, 0.1) is 11.6 Å². The second-order valence-corrected chi connectivity index (χ2v) is 9.24. The molecule has 1 unspecified atom stereocenters. The van der Waals surface area contributed by atoms with Crippen LogP contribution in [0.4, 0.5) is 8.78 Å². The summed E-state index contributed by atoms with van der Waals surface area (Å²) in [4.78, 5) is 14.7. The number of nitrogens with zero attached hydrogens (tertiary/aromatic N) is 1. The van der Waals surface area contributed by atoms with Crippen LogP contribution in [-0.4, -0.2) is 38.1 Å². The fourth-order valence-corrected chi connectivity index (χ4v) is 5.93. The molecule has 1 saturated heterocycles. The van der Waals surface area contributed by atoms with Crippen molar-refractivity contribution >= 4 is 27.1 Å². The van der Waals surface area contributed by atoms with Gasteiger partial charge in [0.2, 0.25) is 5.91 Å². The molecule has 1 amide bonds. The maximum absolute atomic E-state index is 13.7. The standard InChI is InChI=1S/C17H17F2NO3S2/c18-13-4-3-12(14(19)11-13)10-17(21)20-6-5-16(15-2-1-8-24-15)25(22,23)9-7-20/h1-4,8,11,16H,5-7,9-10H2. The molecule has 1 aromatic heterocycles. The molecule has 2 aromatic rings. The van der Waals surface area contributed by atoms with Crippen molar-refractivity contribution in [3.05, 3.63) is 57.8 Å². The summed E-state index contributed by atoms with van der Waals surface area (Å²) in [5.41, 5.74) is 0.105. The molecule has 1 aliphatic rings. The number of rotatable bonds is 3. The van der Waals surface area contributed by atoms with E-state index in [4.69, 9.17) is 0 Å². The fraction of sp³-hybridized carbons (Fsp3) is 0.353. The third-order valence-corrected chi connectivity index (χ3v) is 7.55. The normalized spacial score (nSPS) is 20.2. The maximum atomic E-state index is 13.7. The summed E-state index contributed by atoms with van der Waals surface area (Å²) < 4.78 is 51.6. The smallest absolute Gasteiger partial charge is 0.227 e. The number of hydrogen-bond donors (Lipinski definition) is 0. The van der Waals surface area contributed by atoms with Crippen molar-refractivity contribution in [3.63, 3.8) is 0 Å². The van der Waals surface area contributed by atoms with Crippen LogP contribution < -0.4 is 0 Å². The van der Waals surface area contributed by atoms with E-state index in [9.17, 15) is 22.0 Å². The molecule has 1 aromatic carbocycles. The van der Waals surface area contributed by atoms with Crippen LogP contribution in [0.5, 0.6) is 0 Å². The molecule has 0 N–H and O–H groups in total. The van der Waals surface area contributed by atoms with Crippen molar-refractivity contribution in [3.8, 4) is 0 Å². The van der Waals surface area contributed by atoms with Gasteiger partial charge in [-0.2, -0.15) is 0 Å². The minimum Gasteiger partial charge on any atom is -0.341 e. The molecule has 8 heteroatoms. The van der Waals surface area contributed by atoms with E-state index in [1.54, 1.807) is 12.1 Å². The lowest BCUT2D eigenvalue weighted by atomic mass is 10.1. The van der Waals surface area contributed by atoms with E-state index in [0.717, 1.165) is 17.0 Å². The van der Waals surface area contributed by atoms with Crippen molar-refractivity contribution in [2.24, 2.45) is 0 Å². The highest BCUT2D eigenvalue weighted by atomic mass is 32.2. The van der Waals surface area contributed by atoms with Gasteiger partial charge >= 0.3 is 0 Å². The van der Waals surface area contributed by atoms with Gasteiger partial charge in [-0.25, -0.2) is 17.2 Å². The van der Waals surface area contributed by atoms with E-state index in [-0.39, 0.29) is 30.2 Å². The van der Waals surface area contributed by atoms with Crippen LogP contribution in [0.25, 0.3) is 0 Å². The first-order valence-corrected chi connectivity index (χ1v) is 10.4. The zero-order chi connectivity index (χ0) is 18.0. The number of amides is 1. The Morgan fingerprint density at radius 3 is 2.72 bits per heavy atom. The average molecular weight is 385 g/mol. The van der Waals surface area contributed by atoms with E-state index >= 15 is 0 Å². The Morgan fingerprint density at radius 2 is 2.04 bits per heavy atom. The summed E-state index contributed by atoms with van der Waals surface area (Å²) >= 11 is 1.39. The van der Waals surface area contributed by atoms with E-state index in [1.165, 1.54) is 22.3 Å². The number of thiophene rings is 1. The molecular formula is C17H17F2NO3S2. The maximum Gasteiger partial charge on any atom is 0.227 e. The highest BCUT2D eigenvalue weighted by molar-refractivity contribution is 7.91. The van der Waals surface area contributed by atoms with Crippen LogP contribution in [-0.2, 0) is 21.1 Å². The first-order chi connectivity index (χ1) is 11.9. The van der Waals surface area contributed by atoms with Gasteiger partial charge in [-0.15, -0.1) is 11.3 Å². The molecule has 0 radical (unpaired) electrons. The molecular weight excluding hydrogens is 368 g/mol. The van der Waals surface area contributed by atoms with Crippen molar-refractivity contribution in [2.45, 2.75) is 18.1 Å². The van der Waals surface area contributed by atoms with E-state index in [0.29, 0.717) is 13.0 Å². The molecule has 4 nitrogen and oxygen atoms in total. The lowest BCUT2D eigenvalue weighted by Crippen LogP contribution is -2.34. The van der Waals surface area contributed by atoms with Crippen LogP contribution in [0.15, 0.2) is 35.7 Å². The minimum absolute atomic E-state index is 0.0891. The van der Waals surface area contributed by atoms with E-state index < -0.39 is 26.7 Å². The largest absolute Gasteiger partial charge is 0.341 e. The number of carbonyl (C=O) groups excluding carboxylic acids is 1. The Bertz CT molecular complexity index is 866. The van der Waals surface area contributed by atoms with Crippen molar-refractivity contribution in [2.75, 3.05) is 18.8 Å². The molecule has 1 atom stereocenters. The molecule has 134 valence electrons. The van der Waals surface area contributed by atoms with Gasteiger partial charge in [-0.05, 0) is 29.5 Å². The van der Waals surface area contributed by atoms with Crippen LogP contribution in [0.1, 0.15) is 22.1 Å². The monoisotopic (exact) mass is 385 g/mol. The Hall–Kier alpha value is -1.80.